The van der Waals surface area contributed by atoms with Gasteiger partial charge >= 0.3 is 0 Å². The number of anilines is 1. The highest BCUT2D eigenvalue weighted by molar-refractivity contribution is 5.97. The first-order valence-corrected chi connectivity index (χ1v) is 4.95. The van der Waals surface area contributed by atoms with E-state index in [1.165, 1.54) is 0 Å². The van der Waals surface area contributed by atoms with Gasteiger partial charge in [0.15, 0.2) is 5.78 Å². The first kappa shape index (κ1) is 11.7. The summed E-state index contributed by atoms with van der Waals surface area (Å²) in [6.07, 6.45) is 0. The highest BCUT2D eigenvalue weighted by atomic mass is 16.3. The van der Waals surface area contributed by atoms with Crippen molar-refractivity contribution in [2.45, 2.75) is 26.3 Å². The van der Waals surface area contributed by atoms with Gasteiger partial charge in [-0.2, -0.15) is 0 Å². The second-order valence-corrected chi connectivity index (χ2v) is 4.54. The van der Waals surface area contributed by atoms with E-state index in [4.69, 9.17) is 5.11 Å². The number of aliphatic hydroxyl groups is 1. The average molecular weight is 207 g/mol. The number of Topliss-reactive ketones (excluding diaryl/α,β-unsaturated/α-hetero) is 1. The number of rotatable bonds is 3. The zero-order valence-corrected chi connectivity index (χ0v) is 9.37. The largest absolute Gasteiger partial charge is 0.388 e. The predicted octanol–water partition coefficient (Wildman–Crippen LogP) is 2.07. The van der Waals surface area contributed by atoms with Crippen LogP contribution in [0.25, 0.3) is 0 Å². The molecule has 0 aromatic heterocycles. The van der Waals surface area contributed by atoms with E-state index in [1.54, 1.807) is 18.2 Å². The van der Waals surface area contributed by atoms with E-state index in [0.717, 1.165) is 5.69 Å². The number of carbonyl (C=O) groups excluding carboxylic acids is 1. The van der Waals surface area contributed by atoms with Gasteiger partial charge in [-0.1, -0.05) is 12.1 Å². The van der Waals surface area contributed by atoms with Crippen LogP contribution in [0.5, 0.6) is 0 Å². The van der Waals surface area contributed by atoms with Crippen molar-refractivity contribution in [2.24, 2.45) is 0 Å². The minimum absolute atomic E-state index is 0.0408. The standard InChI is InChI=1S/C12H17NO2/c1-12(2,3)13-10-6-4-5-9(7-10)11(15)8-14/h4-7,13-14H,8H2,1-3H3. The lowest BCUT2D eigenvalue weighted by atomic mass is 10.1. The lowest BCUT2D eigenvalue weighted by Gasteiger charge is -2.22. The smallest absolute Gasteiger partial charge is 0.188 e. The summed E-state index contributed by atoms with van der Waals surface area (Å²) in [4.78, 5) is 11.3. The van der Waals surface area contributed by atoms with Gasteiger partial charge < -0.3 is 10.4 Å². The zero-order valence-electron chi connectivity index (χ0n) is 9.37. The van der Waals surface area contributed by atoms with Gasteiger partial charge in [0.2, 0.25) is 0 Å². The van der Waals surface area contributed by atoms with Crippen molar-refractivity contribution < 1.29 is 9.90 Å². The number of nitrogens with one attached hydrogen (secondary N) is 1. The van der Waals surface area contributed by atoms with Gasteiger partial charge in [-0.15, -0.1) is 0 Å². The molecule has 0 saturated heterocycles. The Hall–Kier alpha value is -1.35. The Kier molecular flexibility index (Phi) is 3.48. The molecule has 3 nitrogen and oxygen atoms in total. The van der Waals surface area contributed by atoms with Crippen LogP contribution in [0.4, 0.5) is 5.69 Å². The monoisotopic (exact) mass is 207 g/mol. The average Bonchev–Trinajstić information content (AvgIpc) is 2.14. The molecule has 0 aliphatic heterocycles. The van der Waals surface area contributed by atoms with Crippen LogP contribution in [-0.2, 0) is 0 Å². The fourth-order valence-electron chi connectivity index (χ4n) is 1.29. The quantitative estimate of drug-likeness (QED) is 0.746. The number of aliphatic hydroxyl groups excluding tert-OH is 1. The van der Waals surface area contributed by atoms with Crippen LogP contribution in [-0.4, -0.2) is 23.0 Å². The maximum atomic E-state index is 11.3. The highest BCUT2D eigenvalue weighted by Gasteiger charge is 2.10. The third-order valence-corrected chi connectivity index (χ3v) is 1.85. The third kappa shape index (κ3) is 3.72. The van der Waals surface area contributed by atoms with E-state index in [2.05, 4.69) is 5.32 Å². The molecule has 1 aromatic rings. The summed E-state index contributed by atoms with van der Waals surface area (Å²) >= 11 is 0. The summed E-state index contributed by atoms with van der Waals surface area (Å²) in [5.74, 6) is -0.257. The molecule has 82 valence electrons. The number of ketones is 1. The molecule has 0 aliphatic carbocycles. The Bertz CT molecular complexity index is 353. The maximum Gasteiger partial charge on any atom is 0.188 e. The predicted molar refractivity (Wildman–Crippen MR) is 61.2 cm³/mol. The molecule has 15 heavy (non-hydrogen) atoms. The summed E-state index contributed by atoms with van der Waals surface area (Å²) in [5.41, 5.74) is 1.38. The maximum absolute atomic E-state index is 11.3. The molecule has 3 heteroatoms. The molecule has 1 rings (SSSR count). The third-order valence-electron chi connectivity index (χ3n) is 1.85. The van der Waals surface area contributed by atoms with E-state index in [-0.39, 0.29) is 11.3 Å². The second-order valence-electron chi connectivity index (χ2n) is 4.54. The SMILES string of the molecule is CC(C)(C)Nc1cccc(C(=O)CO)c1. The van der Waals surface area contributed by atoms with Crippen LogP contribution in [0, 0.1) is 0 Å². The van der Waals surface area contributed by atoms with E-state index < -0.39 is 6.61 Å². The summed E-state index contributed by atoms with van der Waals surface area (Å²) < 4.78 is 0. The summed E-state index contributed by atoms with van der Waals surface area (Å²) in [6, 6.07) is 7.16. The van der Waals surface area contributed by atoms with Gasteiger partial charge in [-0.25, -0.2) is 0 Å². The molecule has 0 bridgehead atoms. The zero-order chi connectivity index (χ0) is 11.5. The molecule has 1 aromatic carbocycles. The van der Waals surface area contributed by atoms with Crippen LogP contribution in [0.3, 0.4) is 0 Å². The molecule has 0 spiro atoms. The van der Waals surface area contributed by atoms with Crippen molar-refractivity contribution in [2.75, 3.05) is 11.9 Å². The lowest BCUT2D eigenvalue weighted by molar-refractivity contribution is 0.0904. The minimum Gasteiger partial charge on any atom is -0.388 e. The summed E-state index contributed by atoms with van der Waals surface area (Å²) in [7, 11) is 0. The Balaban J connectivity index is 2.88. The van der Waals surface area contributed by atoms with Crippen molar-refractivity contribution in [1.29, 1.82) is 0 Å². The molecule has 0 heterocycles. The van der Waals surface area contributed by atoms with E-state index >= 15 is 0 Å². The van der Waals surface area contributed by atoms with Crippen LogP contribution in [0.15, 0.2) is 24.3 Å². The van der Waals surface area contributed by atoms with E-state index in [1.807, 2.05) is 26.8 Å². The Labute approximate surface area is 90.1 Å². The molecule has 0 aliphatic rings. The minimum atomic E-state index is -0.445. The Morgan fingerprint density at radius 2 is 2.07 bits per heavy atom. The van der Waals surface area contributed by atoms with Crippen molar-refractivity contribution in [1.82, 2.24) is 0 Å². The van der Waals surface area contributed by atoms with Crippen LogP contribution in [0.1, 0.15) is 31.1 Å². The van der Waals surface area contributed by atoms with Crippen molar-refractivity contribution >= 4 is 11.5 Å². The molecular formula is C12H17NO2. The normalized spacial score (nSPS) is 11.2. The molecule has 2 N–H and O–H groups in total. The van der Waals surface area contributed by atoms with E-state index in [9.17, 15) is 4.79 Å². The first-order valence-electron chi connectivity index (χ1n) is 4.95. The fraction of sp³-hybridized carbons (Fsp3) is 0.417. The first-order chi connectivity index (χ1) is 6.92. The van der Waals surface area contributed by atoms with Crippen LogP contribution in [0.2, 0.25) is 0 Å². The molecule has 0 saturated carbocycles. The highest BCUT2D eigenvalue weighted by Crippen LogP contribution is 2.16. The van der Waals surface area contributed by atoms with Crippen molar-refractivity contribution in [3.8, 4) is 0 Å². The van der Waals surface area contributed by atoms with Gasteiger partial charge in [0.05, 0.1) is 0 Å². The lowest BCUT2D eigenvalue weighted by Crippen LogP contribution is -2.26. The molecule has 0 amide bonds. The Morgan fingerprint density at radius 1 is 1.40 bits per heavy atom. The number of benzene rings is 1. The van der Waals surface area contributed by atoms with Gasteiger partial charge in [0.1, 0.15) is 6.61 Å². The Morgan fingerprint density at radius 3 is 2.60 bits per heavy atom. The van der Waals surface area contributed by atoms with Crippen LogP contribution < -0.4 is 5.32 Å². The van der Waals surface area contributed by atoms with Gasteiger partial charge in [-0.3, -0.25) is 4.79 Å². The molecule has 0 fully saturated rings. The van der Waals surface area contributed by atoms with Gasteiger partial charge in [0, 0.05) is 16.8 Å². The fourth-order valence-corrected chi connectivity index (χ4v) is 1.29. The van der Waals surface area contributed by atoms with E-state index in [0.29, 0.717) is 5.56 Å². The number of hydrogen-bond acceptors (Lipinski definition) is 3. The number of carbonyl (C=O) groups is 1. The topological polar surface area (TPSA) is 49.3 Å². The molecule has 0 unspecified atom stereocenters. The van der Waals surface area contributed by atoms with Gasteiger partial charge in [0.25, 0.3) is 0 Å². The van der Waals surface area contributed by atoms with Crippen LogP contribution >= 0.6 is 0 Å². The second kappa shape index (κ2) is 4.45. The van der Waals surface area contributed by atoms with Gasteiger partial charge in [-0.05, 0) is 32.9 Å². The summed E-state index contributed by atoms with van der Waals surface area (Å²) in [5, 5.41) is 12.0. The molecular weight excluding hydrogens is 190 g/mol. The van der Waals surface area contributed by atoms with Crippen molar-refractivity contribution in [3.05, 3.63) is 29.8 Å². The molecule has 0 atom stereocenters. The summed E-state index contributed by atoms with van der Waals surface area (Å²) in [6.45, 7) is 5.70. The van der Waals surface area contributed by atoms with Crippen molar-refractivity contribution in [3.63, 3.8) is 0 Å². The molecule has 0 radical (unpaired) electrons. The number of hydrogen-bond donors (Lipinski definition) is 2.